The zero-order chi connectivity index (χ0) is 29.4. The molecule has 5 rings (SSSR count). The van der Waals surface area contributed by atoms with E-state index in [9.17, 15) is 29.4 Å². The van der Waals surface area contributed by atoms with Crippen LogP contribution in [0.15, 0.2) is 30.4 Å². The second-order valence-electron chi connectivity index (χ2n) is 13.1. The fourth-order valence-corrected chi connectivity index (χ4v) is 8.70. The lowest BCUT2D eigenvalue weighted by Gasteiger charge is -2.60. The average molecular weight is 570 g/mol. The summed E-state index contributed by atoms with van der Waals surface area (Å²) >= 11 is 0. The standard InChI is InChI=1S/C31H43N3O7/c1-29-10-8-21(35)16-20(29)4-5-22-23-9-11-31(40,30(23,2)17-24(36)28(22)29)25(37)18-41-27(39)7-6-26(38)33-12-3-14-34-15-13-32-19-34/h13,15-16,19,22-24,28,36,40H,3-12,14,17-18H2,1-2H3,(H,33,38)/t22-,23-,24-,28+,29-,30-,31-/m0/s1. The summed E-state index contributed by atoms with van der Waals surface area (Å²) in [6, 6.07) is 0. The van der Waals surface area contributed by atoms with Crippen molar-refractivity contribution >= 4 is 23.4 Å². The fourth-order valence-electron chi connectivity index (χ4n) is 8.70. The number of hydrogen-bond donors (Lipinski definition) is 3. The molecule has 7 atom stereocenters. The Hall–Kier alpha value is -2.85. The molecule has 0 saturated heterocycles. The van der Waals surface area contributed by atoms with Crippen LogP contribution in [0.4, 0.5) is 0 Å². The van der Waals surface area contributed by atoms with Crippen molar-refractivity contribution in [1.82, 2.24) is 14.9 Å². The van der Waals surface area contributed by atoms with Crippen molar-refractivity contribution < 1.29 is 34.1 Å². The summed E-state index contributed by atoms with van der Waals surface area (Å²) in [7, 11) is 0. The molecule has 1 amide bonds. The van der Waals surface area contributed by atoms with Gasteiger partial charge in [-0.15, -0.1) is 0 Å². The van der Waals surface area contributed by atoms with E-state index in [4.69, 9.17) is 4.74 Å². The molecule has 4 aliphatic carbocycles. The highest BCUT2D eigenvalue weighted by Gasteiger charge is 2.68. The molecule has 0 spiro atoms. The van der Waals surface area contributed by atoms with E-state index < -0.39 is 35.5 Å². The molecule has 224 valence electrons. The monoisotopic (exact) mass is 569 g/mol. The van der Waals surface area contributed by atoms with Gasteiger partial charge in [-0.1, -0.05) is 19.4 Å². The molecular formula is C31H43N3O7. The summed E-state index contributed by atoms with van der Waals surface area (Å²) in [6.07, 6.45) is 10.9. The van der Waals surface area contributed by atoms with Gasteiger partial charge >= 0.3 is 5.97 Å². The van der Waals surface area contributed by atoms with Crippen LogP contribution in [0.25, 0.3) is 0 Å². The first-order chi connectivity index (χ1) is 19.5. The van der Waals surface area contributed by atoms with Crippen molar-refractivity contribution in [1.29, 1.82) is 0 Å². The molecule has 0 aliphatic heterocycles. The number of carbonyl (C=O) groups is 4. The molecule has 0 aromatic carbocycles. The van der Waals surface area contributed by atoms with Gasteiger partial charge in [-0.2, -0.15) is 0 Å². The van der Waals surface area contributed by atoms with Crippen LogP contribution in [-0.2, 0) is 30.5 Å². The van der Waals surface area contributed by atoms with E-state index in [1.54, 1.807) is 18.6 Å². The van der Waals surface area contributed by atoms with Gasteiger partial charge in [-0.25, -0.2) is 4.98 Å². The first-order valence-electron chi connectivity index (χ1n) is 15.0. The molecule has 0 radical (unpaired) electrons. The Kier molecular flexibility index (Phi) is 8.27. The topological polar surface area (TPSA) is 148 Å². The van der Waals surface area contributed by atoms with E-state index in [1.807, 2.05) is 17.7 Å². The molecule has 10 nitrogen and oxygen atoms in total. The number of esters is 1. The van der Waals surface area contributed by atoms with Gasteiger partial charge in [0.05, 0.1) is 18.9 Å². The predicted octanol–water partition coefficient (Wildman–Crippen LogP) is 2.52. The number of fused-ring (bicyclic) bond motifs is 5. The molecule has 41 heavy (non-hydrogen) atoms. The number of nitrogens with zero attached hydrogens (tertiary/aromatic N) is 2. The molecule has 1 heterocycles. The van der Waals surface area contributed by atoms with Crippen molar-refractivity contribution in [2.45, 2.75) is 96.3 Å². The number of carbonyl (C=O) groups excluding carboxylic acids is 4. The van der Waals surface area contributed by atoms with E-state index in [-0.39, 0.29) is 60.5 Å². The Labute approximate surface area is 240 Å². The second kappa shape index (κ2) is 11.4. The number of aliphatic hydroxyl groups excluding tert-OH is 1. The molecule has 0 unspecified atom stereocenters. The van der Waals surface area contributed by atoms with Crippen LogP contribution in [0, 0.1) is 28.6 Å². The second-order valence-corrected chi connectivity index (χ2v) is 13.1. The van der Waals surface area contributed by atoms with Crippen molar-refractivity contribution in [3.63, 3.8) is 0 Å². The molecule has 1 aromatic heterocycles. The lowest BCUT2D eigenvalue weighted by Crippen LogP contribution is -2.62. The van der Waals surface area contributed by atoms with Crippen LogP contribution in [-0.4, -0.2) is 68.1 Å². The molecule has 10 heteroatoms. The van der Waals surface area contributed by atoms with Crippen LogP contribution in [0.1, 0.15) is 78.1 Å². The zero-order valence-corrected chi connectivity index (χ0v) is 24.1. The Morgan fingerprint density at radius 3 is 2.73 bits per heavy atom. The van der Waals surface area contributed by atoms with Crippen molar-refractivity contribution in [2.24, 2.45) is 28.6 Å². The molecule has 0 bridgehead atoms. The lowest BCUT2D eigenvalue weighted by atomic mass is 9.45. The number of nitrogens with one attached hydrogen (secondary N) is 1. The van der Waals surface area contributed by atoms with Gasteiger partial charge in [0, 0.05) is 43.7 Å². The molecule has 3 saturated carbocycles. The first-order valence-corrected chi connectivity index (χ1v) is 15.0. The van der Waals surface area contributed by atoms with Crippen molar-refractivity contribution in [2.75, 3.05) is 13.2 Å². The smallest absolute Gasteiger partial charge is 0.306 e. The summed E-state index contributed by atoms with van der Waals surface area (Å²) in [5, 5.41) is 26.1. The number of amides is 1. The Bertz CT molecular complexity index is 1210. The molecule has 3 N–H and O–H groups in total. The number of aliphatic hydroxyl groups is 2. The van der Waals surface area contributed by atoms with Gasteiger partial charge in [0.1, 0.15) is 5.60 Å². The van der Waals surface area contributed by atoms with Gasteiger partial charge < -0.3 is 24.8 Å². The highest BCUT2D eigenvalue weighted by atomic mass is 16.5. The highest BCUT2D eigenvalue weighted by molar-refractivity contribution is 5.92. The third-order valence-corrected chi connectivity index (χ3v) is 10.9. The van der Waals surface area contributed by atoms with Crippen LogP contribution >= 0.6 is 0 Å². The fraction of sp³-hybridized carbons (Fsp3) is 0.710. The molecule has 1 aromatic rings. The van der Waals surface area contributed by atoms with E-state index in [0.717, 1.165) is 37.8 Å². The maximum atomic E-state index is 13.4. The number of allylic oxidation sites excluding steroid dienone is 1. The van der Waals surface area contributed by atoms with Gasteiger partial charge in [0.2, 0.25) is 11.7 Å². The maximum absolute atomic E-state index is 13.4. The van der Waals surface area contributed by atoms with E-state index in [0.29, 0.717) is 19.4 Å². The number of aromatic nitrogens is 2. The Morgan fingerprint density at radius 1 is 1.17 bits per heavy atom. The number of Topliss-reactive ketones (excluding diaryl/α,β-unsaturated/α-hetero) is 1. The van der Waals surface area contributed by atoms with Gasteiger partial charge in [0.15, 0.2) is 12.4 Å². The summed E-state index contributed by atoms with van der Waals surface area (Å²) in [5.74, 6) is -1.14. The minimum Gasteiger partial charge on any atom is -0.458 e. The zero-order valence-electron chi connectivity index (χ0n) is 24.1. The van der Waals surface area contributed by atoms with Crippen LogP contribution < -0.4 is 5.32 Å². The first kappa shape index (κ1) is 29.6. The number of ketones is 2. The quantitative estimate of drug-likeness (QED) is 0.288. The Morgan fingerprint density at radius 2 is 1.98 bits per heavy atom. The van der Waals surface area contributed by atoms with E-state index in [2.05, 4.69) is 17.2 Å². The normalized spacial score (nSPS) is 36.0. The third-order valence-electron chi connectivity index (χ3n) is 10.9. The molecule has 4 aliphatic rings. The van der Waals surface area contributed by atoms with Crippen LogP contribution in [0.2, 0.25) is 0 Å². The molecular weight excluding hydrogens is 526 g/mol. The van der Waals surface area contributed by atoms with Crippen molar-refractivity contribution in [3.8, 4) is 0 Å². The van der Waals surface area contributed by atoms with Crippen molar-refractivity contribution in [3.05, 3.63) is 30.4 Å². The third kappa shape index (κ3) is 5.41. The number of hydrogen-bond acceptors (Lipinski definition) is 8. The average Bonchev–Trinajstić information content (AvgIpc) is 3.55. The van der Waals surface area contributed by atoms with Crippen LogP contribution in [0.3, 0.4) is 0 Å². The van der Waals surface area contributed by atoms with Gasteiger partial charge in [0.25, 0.3) is 0 Å². The molecule has 3 fully saturated rings. The summed E-state index contributed by atoms with van der Waals surface area (Å²) in [4.78, 5) is 53.9. The minimum atomic E-state index is -1.70. The van der Waals surface area contributed by atoms with Gasteiger partial charge in [-0.05, 0) is 74.2 Å². The minimum absolute atomic E-state index is 0.0130. The van der Waals surface area contributed by atoms with E-state index in [1.165, 1.54) is 0 Å². The van der Waals surface area contributed by atoms with E-state index >= 15 is 0 Å². The summed E-state index contributed by atoms with van der Waals surface area (Å²) in [5.41, 5.74) is -1.65. The lowest BCUT2D eigenvalue weighted by molar-refractivity contribution is -0.184. The highest BCUT2D eigenvalue weighted by Crippen LogP contribution is 2.67. The maximum Gasteiger partial charge on any atom is 0.306 e. The predicted molar refractivity (Wildman–Crippen MR) is 148 cm³/mol. The number of rotatable bonds is 10. The Balaban J connectivity index is 1.13. The SMILES string of the molecule is C[C@]12CCC(=O)C=C1CC[C@@H]1[C@@H]2[C@@H](O)C[C@@]2(C)[C@H]1CC[C@]2(O)C(=O)COC(=O)CCC(=O)NCCCn1ccnc1. The summed E-state index contributed by atoms with van der Waals surface area (Å²) in [6.45, 7) is 4.71. The number of aryl methyl sites for hydroxylation is 1. The largest absolute Gasteiger partial charge is 0.458 e. The van der Waals surface area contributed by atoms with Crippen LogP contribution in [0.5, 0.6) is 0 Å². The summed E-state index contributed by atoms with van der Waals surface area (Å²) < 4.78 is 7.13. The number of imidazole rings is 1. The number of ether oxygens (including phenoxy) is 1. The van der Waals surface area contributed by atoms with Gasteiger partial charge in [-0.3, -0.25) is 19.2 Å².